The van der Waals surface area contributed by atoms with Gasteiger partial charge in [-0.2, -0.15) is 5.26 Å². The summed E-state index contributed by atoms with van der Waals surface area (Å²) in [7, 11) is 1.63. The van der Waals surface area contributed by atoms with Gasteiger partial charge in [0.1, 0.15) is 11.6 Å². The van der Waals surface area contributed by atoms with Crippen molar-refractivity contribution < 1.29 is 9.59 Å². The molecule has 5 nitrogen and oxygen atoms in total. The first kappa shape index (κ1) is 16.5. The first-order valence-electron chi connectivity index (χ1n) is 7.84. The summed E-state index contributed by atoms with van der Waals surface area (Å²) in [6, 6.07) is 14.5. The summed E-state index contributed by atoms with van der Waals surface area (Å²) in [5, 5.41) is 12.2. The van der Waals surface area contributed by atoms with Gasteiger partial charge in [-0.15, -0.1) is 0 Å². The second-order valence-electron chi connectivity index (χ2n) is 6.00. The Morgan fingerprint density at radius 2 is 1.84 bits per heavy atom. The molecule has 0 unspecified atom stereocenters. The first-order valence-corrected chi connectivity index (χ1v) is 7.84. The quantitative estimate of drug-likeness (QED) is 0.678. The molecule has 0 saturated heterocycles. The van der Waals surface area contributed by atoms with Gasteiger partial charge < -0.3 is 10.2 Å². The van der Waals surface area contributed by atoms with Crippen LogP contribution in [-0.2, 0) is 9.59 Å². The maximum absolute atomic E-state index is 12.6. The van der Waals surface area contributed by atoms with Crippen molar-refractivity contribution in [3.63, 3.8) is 0 Å². The number of hydrogen-bond acceptors (Lipinski definition) is 3. The Labute approximate surface area is 146 Å². The van der Waals surface area contributed by atoms with Crippen LogP contribution in [0.2, 0.25) is 0 Å². The Hall–Kier alpha value is -3.39. The van der Waals surface area contributed by atoms with Crippen molar-refractivity contribution in [1.82, 2.24) is 0 Å². The van der Waals surface area contributed by atoms with E-state index in [1.165, 1.54) is 4.90 Å². The molecule has 3 rings (SSSR count). The van der Waals surface area contributed by atoms with Crippen LogP contribution < -0.4 is 10.2 Å². The highest BCUT2D eigenvalue weighted by atomic mass is 16.2. The van der Waals surface area contributed by atoms with Gasteiger partial charge in [0.2, 0.25) is 0 Å². The molecule has 2 aromatic rings. The summed E-state index contributed by atoms with van der Waals surface area (Å²) in [5.74, 6) is -0.938. The fraction of sp³-hybridized carbons (Fsp3) is 0.150. The van der Waals surface area contributed by atoms with Crippen molar-refractivity contribution in [2.45, 2.75) is 13.8 Å². The SMILES string of the molecule is Cc1ccc(NC(=O)C(C#N)=C2C(=O)N(C)c3ccccc32)cc1C. The zero-order chi connectivity index (χ0) is 18.1. The minimum absolute atomic E-state index is 0.141. The number of aryl methyl sites for hydroxylation is 2. The van der Waals surface area contributed by atoms with E-state index in [9.17, 15) is 14.9 Å². The van der Waals surface area contributed by atoms with Crippen LogP contribution >= 0.6 is 0 Å². The Balaban J connectivity index is 2.03. The summed E-state index contributed by atoms with van der Waals surface area (Å²) < 4.78 is 0. The minimum Gasteiger partial charge on any atom is -0.321 e. The number of nitrogens with one attached hydrogen (secondary N) is 1. The highest BCUT2D eigenvalue weighted by molar-refractivity contribution is 6.37. The van der Waals surface area contributed by atoms with E-state index in [-0.39, 0.29) is 17.1 Å². The lowest BCUT2D eigenvalue weighted by molar-refractivity contribution is -0.114. The van der Waals surface area contributed by atoms with Crippen LogP contribution in [0, 0.1) is 25.2 Å². The van der Waals surface area contributed by atoms with Gasteiger partial charge in [0.15, 0.2) is 0 Å². The lowest BCUT2D eigenvalue weighted by Gasteiger charge is -2.09. The third kappa shape index (κ3) is 2.79. The number of nitriles is 1. The van der Waals surface area contributed by atoms with E-state index in [4.69, 9.17) is 0 Å². The van der Waals surface area contributed by atoms with Gasteiger partial charge in [-0.1, -0.05) is 24.3 Å². The maximum Gasteiger partial charge on any atom is 0.267 e. The van der Waals surface area contributed by atoms with Crippen LogP contribution in [0.1, 0.15) is 16.7 Å². The van der Waals surface area contributed by atoms with Gasteiger partial charge in [-0.05, 0) is 43.2 Å². The van der Waals surface area contributed by atoms with Gasteiger partial charge in [0, 0.05) is 18.3 Å². The number of carbonyl (C=O) groups excluding carboxylic acids is 2. The molecule has 1 aliphatic rings. The second-order valence-corrected chi connectivity index (χ2v) is 6.00. The molecule has 0 saturated carbocycles. The second kappa shape index (κ2) is 6.25. The predicted octanol–water partition coefficient (Wildman–Crippen LogP) is 3.20. The highest BCUT2D eigenvalue weighted by Crippen LogP contribution is 2.37. The highest BCUT2D eigenvalue weighted by Gasteiger charge is 2.34. The molecule has 1 heterocycles. The molecule has 5 heteroatoms. The molecular formula is C20H17N3O2. The average Bonchev–Trinajstić information content (AvgIpc) is 2.85. The number of amides is 2. The monoisotopic (exact) mass is 331 g/mol. The largest absolute Gasteiger partial charge is 0.321 e. The number of likely N-dealkylation sites (N-methyl/N-ethyl adjacent to an activating group) is 1. The van der Waals surface area contributed by atoms with Crippen molar-refractivity contribution in [1.29, 1.82) is 5.26 Å². The van der Waals surface area contributed by atoms with Crippen LogP contribution in [0.4, 0.5) is 11.4 Å². The molecule has 0 aromatic heterocycles. The van der Waals surface area contributed by atoms with E-state index in [1.54, 1.807) is 31.3 Å². The Bertz CT molecular complexity index is 967. The van der Waals surface area contributed by atoms with E-state index in [0.29, 0.717) is 16.9 Å². The average molecular weight is 331 g/mol. The molecule has 124 valence electrons. The Morgan fingerprint density at radius 3 is 2.52 bits per heavy atom. The summed E-state index contributed by atoms with van der Waals surface area (Å²) in [6.45, 7) is 3.92. The van der Waals surface area contributed by atoms with E-state index in [0.717, 1.165) is 11.1 Å². The van der Waals surface area contributed by atoms with Gasteiger partial charge in [-0.3, -0.25) is 9.59 Å². The summed E-state index contributed by atoms with van der Waals surface area (Å²) >= 11 is 0. The molecule has 2 amide bonds. The third-order valence-corrected chi connectivity index (χ3v) is 4.41. The zero-order valence-electron chi connectivity index (χ0n) is 14.3. The molecule has 0 atom stereocenters. The topological polar surface area (TPSA) is 73.2 Å². The molecule has 0 aliphatic carbocycles. The molecule has 0 spiro atoms. The number of carbonyl (C=O) groups is 2. The van der Waals surface area contributed by atoms with Crippen molar-refractivity contribution in [2.24, 2.45) is 0 Å². The molecule has 0 radical (unpaired) electrons. The summed E-state index contributed by atoms with van der Waals surface area (Å²) in [4.78, 5) is 26.6. The van der Waals surface area contributed by atoms with E-state index >= 15 is 0 Å². The molecule has 1 aliphatic heterocycles. The van der Waals surface area contributed by atoms with Crippen LogP contribution in [0.25, 0.3) is 5.57 Å². The molecule has 0 fully saturated rings. The van der Waals surface area contributed by atoms with Crippen molar-refractivity contribution in [3.05, 3.63) is 64.7 Å². The number of benzene rings is 2. The fourth-order valence-electron chi connectivity index (χ4n) is 2.84. The summed E-state index contributed by atoms with van der Waals surface area (Å²) in [6.07, 6.45) is 0. The van der Waals surface area contributed by atoms with Crippen LogP contribution in [0.3, 0.4) is 0 Å². The first-order chi connectivity index (χ1) is 11.9. The maximum atomic E-state index is 12.6. The third-order valence-electron chi connectivity index (χ3n) is 4.41. The molecule has 1 N–H and O–H groups in total. The van der Waals surface area contributed by atoms with E-state index in [2.05, 4.69) is 5.32 Å². The van der Waals surface area contributed by atoms with Gasteiger partial charge in [0.25, 0.3) is 11.8 Å². The predicted molar refractivity (Wildman–Crippen MR) is 96.9 cm³/mol. The standard InChI is InChI=1S/C20H17N3O2/c1-12-8-9-14(10-13(12)2)22-19(24)16(11-21)18-15-6-4-5-7-17(15)23(3)20(18)25/h4-10H,1-3H3,(H,22,24). The number of anilines is 2. The van der Waals surface area contributed by atoms with Crippen molar-refractivity contribution in [2.75, 3.05) is 17.3 Å². The van der Waals surface area contributed by atoms with E-state index < -0.39 is 5.91 Å². The summed E-state index contributed by atoms with van der Waals surface area (Å²) in [5.41, 5.74) is 3.98. The lowest BCUT2D eigenvalue weighted by Crippen LogP contribution is -2.23. The smallest absolute Gasteiger partial charge is 0.267 e. The normalized spacial score (nSPS) is 14.8. The Kier molecular flexibility index (Phi) is 4.12. The number of hydrogen-bond donors (Lipinski definition) is 1. The van der Waals surface area contributed by atoms with Crippen LogP contribution in [-0.4, -0.2) is 18.9 Å². The van der Waals surface area contributed by atoms with Crippen molar-refractivity contribution >= 4 is 28.8 Å². The van der Waals surface area contributed by atoms with Crippen molar-refractivity contribution in [3.8, 4) is 6.07 Å². The molecule has 2 aromatic carbocycles. The Morgan fingerprint density at radius 1 is 1.12 bits per heavy atom. The molecule has 25 heavy (non-hydrogen) atoms. The zero-order valence-corrected chi connectivity index (χ0v) is 14.3. The fourth-order valence-corrected chi connectivity index (χ4v) is 2.84. The number of nitrogens with zero attached hydrogens (tertiary/aromatic N) is 2. The van der Waals surface area contributed by atoms with Gasteiger partial charge in [0.05, 0.1) is 11.3 Å². The lowest BCUT2D eigenvalue weighted by atomic mass is 10.0. The molecular weight excluding hydrogens is 314 g/mol. The molecule has 0 bridgehead atoms. The number of rotatable bonds is 2. The van der Waals surface area contributed by atoms with Crippen LogP contribution in [0.5, 0.6) is 0 Å². The number of para-hydroxylation sites is 1. The van der Waals surface area contributed by atoms with Gasteiger partial charge >= 0.3 is 0 Å². The van der Waals surface area contributed by atoms with Crippen LogP contribution in [0.15, 0.2) is 48.0 Å². The minimum atomic E-state index is -0.584. The van der Waals surface area contributed by atoms with E-state index in [1.807, 2.05) is 38.1 Å². The number of fused-ring (bicyclic) bond motifs is 1. The van der Waals surface area contributed by atoms with Gasteiger partial charge in [-0.25, -0.2) is 0 Å².